The third-order valence-corrected chi connectivity index (χ3v) is 3.89. The number of carbonyl (C=O) groups is 1. The van der Waals surface area contributed by atoms with Crippen LogP contribution in [0.15, 0.2) is 42.5 Å². The van der Waals surface area contributed by atoms with Crippen molar-refractivity contribution in [3.63, 3.8) is 0 Å². The second-order valence-corrected chi connectivity index (χ2v) is 5.47. The second-order valence-electron chi connectivity index (χ2n) is 5.47. The first-order chi connectivity index (χ1) is 11.5. The minimum Gasteiger partial charge on any atom is -0.497 e. The molecule has 1 N–H and O–H groups in total. The summed E-state index contributed by atoms with van der Waals surface area (Å²) in [7, 11) is 1.60. The molecular weight excluding hydrogens is 308 g/mol. The van der Waals surface area contributed by atoms with Gasteiger partial charge in [0.05, 0.1) is 18.1 Å². The quantitative estimate of drug-likeness (QED) is 0.646. The maximum absolute atomic E-state index is 12.4. The molecule has 6 heteroatoms. The van der Waals surface area contributed by atoms with E-state index in [0.717, 1.165) is 17.7 Å². The van der Waals surface area contributed by atoms with Gasteiger partial charge in [0.25, 0.3) is 11.6 Å². The molecule has 24 heavy (non-hydrogen) atoms. The number of hydrogen-bond acceptors (Lipinski definition) is 4. The average molecular weight is 328 g/mol. The van der Waals surface area contributed by atoms with Crippen LogP contribution >= 0.6 is 0 Å². The SMILES string of the molecule is CCC(NC(=O)c1ccc([N+](=O)[O-])c(C)c1)c1ccc(OC)cc1. The highest BCUT2D eigenvalue weighted by Gasteiger charge is 2.17. The minimum absolute atomic E-state index is 0.00810. The summed E-state index contributed by atoms with van der Waals surface area (Å²) in [5.41, 5.74) is 1.86. The van der Waals surface area contributed by atoms with Gasteiger partial charge in [-0.2, -0.15) is 0 Å². The third-order valence-electron chi connectivity index (χ3n) is 3.89. The van der Waals surface area contributed by atoms with Gasteiger partial charge in [-0.15, -0.1) is 0 Å². The molecule has 0 aliphatic carbocycles. The van der Waals surface area contributed by atoms with Crippen LogP contribution < -0.4 is 10.1 Å². The maximum atomic E-state index is 12.4. The average Bonchev–Trinajstić information content (AvgIpc) is 2.59. The van der Waals surface area contributed by atoms with Crippen molar-refractivity contribution < 1.29 is 14.5 Å². The van der Waals surface area contributed by atoms with Crippen LogP contribution in [0.1, 0.15) is 40.9 Å². The molecule has 1 atom stereocenters. The van der Waals surface area contributed by atoms with Crippen LogP contribution in [0.5, 0.6) is 5.75 Å². The molecule has 0 bridgehead atoms. The summed E-state index contributed by atoms with van der Waals surface area (Å²) in [5.74, 6) is 0.501. The Labute approximate surface area is 140 Å². The minimum atomic E-state index is -0.455. The second kappa shape index (κ2) is 7.59. The van der Waals surface area contributed by atoms with Gasteiger partial charge < -0.3 is 10.1 Å². The van der Waals surface area contributed by atoms with Crippen LogP contribution in [0.3, 0.4) is 0 Å². The summed E-state index contributed by atoms with van der Waals surface area (Å²) in [5, 5.41) is 13.8. The predicted molar refractivity (Wildman–Crippen MR) is 91.3 cm³/mol. The molecule has 0 aromatic heterocycles. The first kappa shape index (κ1) is 17.5. The standard InChI is InChI=1S/C18H20N2O4/c1-4-16(13-5-8-15(24-3)9-6-13)19-18(21)14-7-10-17(20(22)23)12(2)11-14/h5-11,16H,4H2,1-3H3,(H,19,21). The fraction of sp³-hybridized carbons (Fsp3) is 0.278. The number of aryl methyl sites for hydroxylation is 1. The van der Waals surface area contributed by atoms with Crippen LogP contribution in [0.4, 0.5) is 5.69 Å². The van der Waals surface area contributed by atoms with Crippen molar-refractivity contribution in [2.45, 2.75) is 26.3 Å². The molecule has 1 unspecified atom stereocenters. The molecule has 126 valence electrons. The van der Waals surface area contributed by atoms with Gasteiger partial charge in [-0.1, -0.05) is 19.1 Å². The van der Waals surface area contributed by atoms with Crippen molar-refractivity contribution in [1.29, 1.82) is 0 Å². The lowest BCUT2D eigenvalue weighted by Crippen LogP contribution is -2.28. The number of benzene rings is 2. The Bertz CT molecular complexity index is 741. The zero-order chi connectivity index (χ0) is 17.7. The Morgan fingerprint density at radius 2 is 1.92 bits per heavy atom. The predicted octanol–water partition coefficient (Wildman–Crippen LogP) is 3.79. The molecule has 0 radical (unpaired) electrons. The normalized spacial score (nSPS) is 11.6. The van der Waals surface area contributed by atoms with Crippen LogP contribution in [0.2, 0.25) is 0 Å². The largest absolute Gasteiger partial charge is 0.497 e. The van der Waals surface area contributed by atoms with E-state index < -0.39 is 4.92 Å². The van der Waals surface area contributed by atoms with E-state index in [1.165, 1.54) is 18.2 Å². The molecule has 0 heterocycles. The number of ether oxygens (including phenoxy) is 1. The molecule has 0 aliphatic heterocycles. The van der Waals surface area contributed by atoms with Gasteiger partial charge in [-0.05, 0) is 43.2 Å². The zero-order valence-corrected chi connectivity index (χ0v) is 13.9. The summed E-state index contributed by atoms with van der Waals surface area (Å²) in [6.45, 7) is 3.60. The van der Waals surface area contributed by atoms with Gasteiger partial charge in [-0.3, -0.25) is 14.9 Å². The molecule has 6 nitrogen and oxygen atoms in total. The van der Waals surface area contributed by atoms with Gasteiger partial charge in [0, 0.05) is 17.2 Å². The molecule has 2 aromatic carbocycles. The van der Waals surface area contributed by atoms with E-state index >= 15 is 0 Å². The lowest BCUT2D eigenvalue weighted by Gasteiger charge is -2.18. The molecule has 0 fully saturated rings. The monoisotopic (exact) mass is 328 g/mol. The highest BCUT2D eigenvalue weighted by Crippen LogP contribution is 2.22. The Morgan fingerprint density at radius 3 is 2.42 bits per heavy atom. The van der Waals surface area contributed by atoms with Crippen molar-refractivity contribution in [2.75, 3.05) is 7.11 Å². The highest BCUT2D eigenvalue weighted by molar-refractivity contribution is 5.95. The zero-order valence-electron chi connectivity index (χ0n) is 13.9. The lowest BCUT2D eigenvalue weighted by atomic mass is 10.0. The van der Waals surface area contributed by atoms with Gasteiger partial charge in [0.1, 0.15) is 5.75 Å². The molecule has 0 spiro atoms. The van der Waals surface area contributed by atoms with Crippen molar-refractivity contribution in [2.24, 2.45) is 0 Å². The van der Waals surface area contributed by atoms with Crippen molar-refractivity contribution in [1.82, 2.24) is 5.32 Å². The van der Waals surface area contributed by atoms with Crippen LogP contribution in [0, 0.1) is 17.0 Å². The van der Waals surface area contributed by atoms with Crippen molar-refractivity contribution in [3.8, 4) is 5.75 Å². The van der Waals surface area contributed by atoms with Gasteiger partial charge in [0.2, 0.25) is 0 Å². The van der Waals surface area contributed by atoms with E-state index in [1.807, 2.05) is 31.2 Å². The van der Waals surface area contributed by atoms with Crippen LogP contribution in [0.25, 0.3) is 0 Å². The topological polar surface area (TPSA) is 81.5 Å². The fourth-order valence-electron chi connectivity index (χ4n) is 2.50. The van der Waals surface area contributed by atoms with E-state index in [1.54, 1.807) is 14.0 Å². The van der Waals surface area contributed by atoms with E-state index in [0.29, 0.717) is 11.1 Å². The smallest absolute Gasteiger partial charge is 0.272 e. The maximum Gasteiger partial charge on any atom is 0.272 e. The lowest BCUT2D eigenvalue weighted by molar-refractivity contribution is -0.385. The van der Waals surface area contributed by atoms with E-state index in [2.05, 4.69) is 5.32 Å². The first-order valence-corrected chi connectivity index (χ1v) is 7.66. The summed E-state index contributed by atoms with van der Waals surface area (Å²) in [6.07, 6.45) is 0.726. The van der Waals surface area contributed by atoms with Crippen molar-refractivity contribution in [3.05, 3.63) is 69.3 Å². The van der Waals surface area contributed by atoms with E-state index in [-0.39, 0.29) is 17.6 Å². The number of carbonyl (C=O) groups excluding carboxylic acids is 1. The number of nitrogens with zero attached hydrogens (tertiary/aromatic N) is 1. The fourth-order valence-corrected chi connectivity index (χ4v) is 2.50. The first-order valence-electron chi connectivity index (χ1n) is 7.66. The molecular formula is C18H20N2O4. The van der Waals surface area contributed by atoms with Crippen molar-refractivity contribution >= 4 is 11.6 Å². The number of hydrogen-bond donors (Lipinski definition) is 1. The van der Waals surface area contributed by atoms with E-state index in [4.69, 9.17) is 4.74 Å². The molecule has 0 saturated heterocycles. The summed E-state index contributed by atoms with van der Waals surface area (Å²) in [6, 6.07) is 11.7. The van der Waals surface area contributed by atoms with Crippen LogP contribution in [-0.2, 0) is 0 Å². The Hall–Kier alpha value is -2.89. The third kappa shape index (κ3) is 3.90. The molecule has 2 rings (SSSR count). The van der Waals surface area contributed by atoms with Gasteiger partial charge >= 0.3 is 0 Å². The van der Waals surface area contributed by atoms with Crippen LogP contribution in [-0.4, -0.2) is 17.9 Å². The molecule has 0 saturated carbocycles. The number of nitro benzene ring substituents is 1. The summed E-state index contributed by atoms with van der Waals surface area (Å²) < 4.78 is 5.13. The van der Waals surface area contributed by atoms with Gasteiger partial charge in [0.15, 0.2) is 0 Å². The summed E-state index contributed by atoms with van der Waals surface area (Å²) in [4.78, 5) is 22.8. The Morgan fingerprint density at radius 1 is 1.25 bits per heavy atom. The number of nitro groups is 1. The Kier molecular flexibility index (Phi) is 5.52. The van der Waals surface area contributed by atoms with E-state index in [9.17, 15) is 14.9 Å². The van der Waals surface area contributed by atoms with Gasteiger partial charge in [-0.25, -0.2) is 0 Å². The number of amides is 1. The number of rotatable bonds is 6. The molecule has 0 aliphatic rings. The highest BCUT2D eigenvalue weighted by atomic mass is 16.6. The number of nitrogens with one attached hydrogen (secondary N) is 1. The molecule has 2 aromatic rings. The molecule has 1 amide bonds. The summed E-state index contributed by atoms with van der Waals surface area (Å²) >= 11 is 0. The number of methoxy groups -OCH3 is 1. The Balaban J connectivity index is 2.16.